The van der Waals surface area contributed by atoms with Gasteiger partial charge in [-0.1, -0.05) is 19.1 Å². The van der Waals surface area contributed by atoms with Gasteiger partial charge in [0.15, 0.2) is 11.4 Å². The second-order valence-corrected chi connectivity index (χ2v) is 4.12. The number of ether oxygens (including phenoxy) is 1. The van der Waals surface area contributed by atoms with Crippen molar-refractivity contribution >= 4 is 22.9 Å². The molecule has 0 amide bonds. The predicted octanol–water partition coefficient (Wildman–Crippen LogP) is 1.64. The molecule has 1 atom stereocenters. The molecule has 0 aromatic carbocycles. The molecule has 2 heterocycles. The maximum Gasteiger partial charge on any atom is 0.179 e. The number of nitrogens with two attached hydrogens (primary N) is 1. The molecule has 0 radical (unpaired) electrons. The van der Waals surface area contributed by atoms with Crippen LogP contribution < -0.4 is 10.5 Å². The summed E-state index contributed by atoms with van der Waals surface area (Å²) in [6.45, 7) is 2.41. The van der Waals surface area contributed by atoms with Crippen molar-refractivity contribution in [3.63, 3.8) is 0 Å². The zero-order chi connectivity index (χ0) is 11.5. The topological polar surface area (TPSA) is 52.5 Å². The summed E-state index contributed by atoms with van der Waals surface area (Å²) in [5, 5.41) is 0. The van der Waals surface area contributed by atoms with Crippen LogP contribution in [0.2, 0.25) is 0 Å². The number of nitrogens with zero attached hydrogens (tertiary/aromatic N) is 2. The Morgan fingerprint density at radius 3 is 3.19 bits per heavy atom. The monoisotopic (exact) mass is 235 g/mol. The van der Waals surface area contributed by atoms with Gasteiger partial charge in [-0.3, -0.25) is 0 Å². The van der Waals surface area contributed by atoms with Gasteiger partial charge in [0.2, 0.25) is 0 Å². The van der Waals surface area contributed by atoms with E-state index in [0.717, 1.165) is 11.4 Å². The van der Waals surface area contributed by atoms with Crippen LogP contribution in [0.15, 0.2) is 30.7 Å². The summed E-state index contributed by atoms with van der Waals surface area (Å²) in [6, 6.07) is 3.80. The minimum absolute atomic E-state index is 0.0604. The number of imidazole rings is 1. The summed E-state index contributed by atoms with van der Waals surface area (Å²) < 4.78 is 7.55. The van der Waals surface area contributed by atoms with Gasteiger partial charge in [0.25, 0.3) is 0 Å². The number of hydrogen-bond donors (Lipinski definition) is 1. The first-order valence-corrected chi connectivity index (χ1v) is 5.43. The molecule has 0 aliphatic rings. The number of pyridine rings is 1. The average molecular weight is 235 g/mol. The first-order valence-electron chi connectivity index (χ1n) is 5.02. The molecule has 2 N–H and O–H groups in total. The highest BCUT2D eigenvalue weighted by molar-refractivity contribution is 7.80. The molecule has 4 nitrogen and oxygen atoms in total. The van der Waals surface area contributed by atoms with Crippen LogP contribution in [0, 0.1) is 5.92 Å². The van der Waals surface area contributed by atoms with Crippen molar-refractivity contribution in [2.75, 3.05) is 6.61 Å². The molecular formula is C11H13N3OS. The fraction of sp³-hybridized carbons (Fsp3) is 0.273. The molecule has 84 valence electrons. The van der Waals surface area contributed by atoms with Crippen LogP contribution >= 0.6 is 12.2 Å². The molecule has 16 heavy (non-hydrogen) atoms. The van der Waals surface area contributed by atoms with E-state index >= 15 is 0 Å². The SMILES string of the molecule is CC(COc1cccn2ccnc12)C(N)=S. The molecule has 0 aliphatic heterocycles. The van der Waals surface area contributed by atoms with Crippen LogP contribution in [0.4, 0.5) is 0 Å². The Morgan fingerprint density at radius 2 is 2.44 bits per heavy atom. The summed E-state index contributed by atoms with van der Waals surface area (Å²) in [4.78, 5) is 4.68. The van der Waals surface area contributed by atoms with Gasteiger partial charge in [-0.15, -0.1) is 0 Å². The van der Waals surface area contributed by atoms with Gasteiger partial charge < -0.3 is 14.9 Å². The molecule has 0 spiro atoms. The normalized spacial score (nSPS) is 12.6. The van der Waals surface area contributed by atoms with E-state index in [1.165, 1.54) is 0 Å². The van der Waals surface area contributed by atoms with E-state index in [4.69, 9.17) is 22.7 Å². The molecule has 1 unspecified atom stereocenters. The van der Waals surface area contributed by atoms with Gasteiger partial charge in [0.1, 0.15) is 0 Å². The molecule has 2 aromatic heterocycles. The van der Waals surface area contributed by atoms with Gasteiger partial charge in [-0.25, -0.2) is 4.98 Å². The molecular weight excluding hydrogens is 222 g/mol. The second kappa shape index (κ2) is 4.49. The molecule has 0 bridgehead atoms. The van der Waals surface area contributed by atoms with E-state index in [9.17, 15) is 0 Å². The Kier molecular flexibility index (Phi) is 3.05. The van der Waals surface area contributed by atoms with Crippen LogP contribution in [0.1, 0.15) is 6.92 Å². The van der Waals surface area contributed by atoms with Crippen LogP contribution in [0.3, 0.4) is 0 Å². The Labute approximate surface area is 99.0 Å². The lowest BCUT2D eigenvalue weighted by Gasteiger charge is -2.11. The number of fused-ring (bicyclic) bond motifs is 1. The van der Waals surface area contributed by atoms with Crippen LogP contribution in [0.25, 0.3) is 5.65 Å². The number of aromatic nitrogens is 2. The van der Waals surface area contributed by atoms with Crippen molar-refractivity contribution < 1.29 is 4.74 Å². The van der Waals surface area contributed by atoms with Crippen molar-refractivity contribution in [3.05, 3.63) is 30.7 Å². The predicted molar refractivity (Wildman–Crippen MR) is 66.6 cm³/mol. The molecule has 0 saturated carbocycles. The van der Waals surface area contributed by atoms with Crippen LogP contribution in [0.5, 0.6) is 5.75 Å². The summed E-state index contributed by atoms with van der Waals surface area (Å²) in [7, 11) is 0. The molecule has 0 fully saturated rings. The Hall–Kier alpha value is -1.62. The Balaban J connectivity index is 2.15. The maximum atomic E-state index is 5.65. The van der Waals surface area contributed by atoms with Crippen molar-refractivity contribution in [3.8, 4) is 5.75 Å². The third kappa shape index (κ3) is 2.14. The zero-order valence-corrected chi connectivity index (χ0v) is 9.78. The maximum absolute atomic E-state index is 5.65. The third-order valence-corrected chi connectivity index (χ3v) is 2.76. The summed E-state index contributed by atoms with van der Waals surface area (Å²) in [5.74, 6) is 0.806. The van der Waals surface area contributed by atoms with Gasteiger partial charge in [-0.2, -0.15) is 0 Å². The zero-order valence-electron chi connectivity index (χ0n) is 8.96. The van der Waals surface area contributed by atoms with Crippen LogP contribution in [-0.2, 0) is 0 Å². The van der Waals surface area contributed by atoms with E-state index in [0.29, 0.717) is 11.6 Å². The fourth-order valence-electron chi connectivity index (χ4n) is 1.33. The fourth-order valence-corrected chi connectivity index (χ4v) is 1.40. The highest BCUT2D eigenvalue weighted by Gasteiger charge is 2.08. The molecule has 0 saturated heterocycles. The number of rotatable bonds is 4. The van der Waals surface area contributed by atoms with Gasteiger partial charge in [0.05, 0.1) is 11.6 Å². The summed E-state index contributed by atoms with van der Waals surface area (Å²) in [6.07, 6.45) is 5.53. The number of thiocarbonyl (C=S) groups is 1. The van der Waals surface area contributed by atoms with E-state index in [1.807, 2.05) is 35.9 Å². The van der Waals surface area contributed by atoms with Gasteiger partial charge in [-0.05, 0) is 12.1 Å². The second-order valence-electron chi connectivity index (χ2n) is 3.64. The van der Waals surface area contributed by atoms with Crippen molar-refractivity contribution in [1.82, 2.24) is 9.38 Å². The highest BCUT2D eigenvalue weighted by atomic mass is 32.1. The molecule has 0 aliphatic carbocycles. The quantitative estimate of drug-likeness (QED) is 0.818. The molecule has 5 heteroatoms. The largest absolute Gasteiger partial charge is 0.489 e. The average Bonchev–Trinajstić information content (AvgIpc) is 2.73. The lowest BCUT2D eigenvalue weighted by molar-refractivity contribution is 0.295. The lowest BCUT2D eigenvalue weighted by atomic mass is 10.2. The van der Waals surface area contributed by atoms with E-state index in [1.54, 1.807) is 6.20 Å². The highest BCUT2D eigenvalue weighted by Crippen LogP contribution is 2.17. The smallest absolute Gasteiger partial charge is 0.179 e. The Morgan fingerprint density at radius 1 is 1.62 bits per heavy atom. The summed E-state index contributed by atoms with van der Waals surface area (Å²) in [5.41, 5.74) is 6.33. The van der Waals surface area contributed by atoms with Crippen LogP contribution in [-0.4, -0.2) is 21.0 Å². The van der Waals surface area contributed by atoms with Crippen molar-refractivity contribution in [2.45, 2.75) is 6.92 Å². The Bertz CT molecular complexity index is 509. The van der Waals surface area contributed by atoms with Crippen molar-refractivity contribution in [1.29, 1.82) is 0 Å². The minimum Gasteiger partial charge on any atom is -0.489 e. The van der Waals surface area contributed by atoms with Gasteiger partial charge in [0, 0.05) is 24.5 Å². The minimum atomic E-state index is 0.0604. The van der Waals surface area contributed by atoms with E-state index < -0.39 is 0 Å². The van der Waals surface area contributed by atoms with Gasteiger partial charge >= 0.3 is 0 Å². The third-order valence-electron chi connectivity index (χ3n) is 2.36. The van der Waals surface area contributed by atoms with E-state index in [-0.39, 0.29) is 5.92 Å². The molecule has 2 rings (SSSR count). The number of hydrogen-bond acceptors (Lipinski definition) is 3. The lowest BCUT2D eigenvalue weighted by Crippen LogP contribution is -2.24. The first kappa shape index (κ1) is 10.9. The summed E-state index contributed by atoms with van der Waals surface area (Å²) >= 11 is 4.89. The van der Waals surface area contributed by atoms with Crippen molar-refractivity contribution in [2.24, 2.45) is 11.7 Å². The standard InChI is InChI=1S/C11H13N3OS/c1-8(10(12)16)7-15-9-3-2-5-14-6-4-13-11(9)14/h2-6,8H,7H2,1H3,(H2,12,16). The first-order chi connectivity index (χ1) is 7.68. The molecule has 2 aromatic rings. The van der Waals surface area contributed by atoms with E-state index in [2.05, 4.69) is 4.98 Å².